The van der Waals surface area contributed by atoms with Crippen molar-refractivity contribution >= 4 is 42.5 Å². The Hall–Kier alpha value is 0.320. The van der Waals surface area contributed by atoms with E-state index in [2.05, 4.69) is 27.3 Å². The average Bonchev–Trinajstić information content (AvgIpc) is 3.29. The number of hydrogen-bond donors (Lipinski definition) is 2. The van der Waals surface area contributed by atoms with Crippen LogP contribution in [0.15, 0.2) is 0 Å². The van der Waals surface area contributed by atoms with Crippen LogP contribution in [-0.2, 0) is 4.79 Å². The zero-order valence-electron chi connectivity index (χ0n) is 15.8. The Morgan fingerprint density at radius 3 is 2.50 bits per heavy atom. The summed E-state index contributed by atoms with van der Waals surface area (Å²) in [6.45, 7) is 5.23. The molecule has 0 aromatic carbocycles. The van der Waals surface area contributed by atoms with Crippen LogP contribution in [0.4, 0.5) is 0 Å². The molecule has 2 saturated carbocycles. The predicted molar refractivity (Wildman–Crippen MR) is 115 cm³/mol. The monoisotopic (exact) mass is 423 g/mol. The van der Waals surface area contributed by atoms with Crippen molar-refractivity contribution in [2.24, 2.45) is 11.3 Å². The van der Waals surface area contributed by atoms with Gasteiger partial charge in [0.2, 0.25) is 5.91 Å². The first-order valence-corrected chi connectivity index (χ1v) is 11.2. The van der Waals surface area contributed by atoms with Crippen LogP contribution >= 0.6 is 36.6 Å². The average molecular weight is 424 g/mol. The van der Waals surface area contributed by atoms with Crippen molar-refractivity contribution in [1.29, 1.82) is 0 Å². The lowest BCUT2D eigenvalue weighted by Gasteiger charge is -2.44. The van der Waals surface area contributed by atoms with E-state index in [9.17, 15) is 4.79 Å². The Kier molecular flexibility index (Phi) is 8.42. The smallest absolute Gasteiger partial charge is 0.227 e. The van der Waals surface area contributed by atoms with Crippen LogP contribution in [0.2, 0.25) is 0 Å². The first kappa shape index (κ1) is 22.6. The van der Waals surface area contributed by atoms with Crippen molar-refractivity contribution in [3.8, 4) is 0 Å². The summed E-state index contributed by atoms with van der Waals surface area (Å²) in [6, 6.07) is 0. The molecule has 0 spiro atoms. The van der Waals surface area contributed by atoms with E-state index in [1.54, 1.807) is 0 Å². The highest BCUT2D eigenvalue weighted by molar-refractivity contribution is 7.99. The Morgan fingerprint density at radius 2 is 1.77 bits per heavy atom. The predicted octanol–water partition coefficient (Wildman–Crippen LogP) is 3.09. The maximum absolute atomic E-state index is 13.2. The number of amides is 1. The number of nitrogens with one attached hydrogen (secondary N) is 2. The molecule has 2 aliphatic heterocycles. The number of halogens is 2. The highest BCUT2D eigenvalue weighted by Crippen LogP contribution is 2.44. The van der Waals surface area contributed by atoms with Crippen LogP contribution in [0.5, 0.6) is 0 Å². The van der Waals surface area contributed by atoms with Gasteiger partial charge in [0.1, 0.15) is 0 Å². The molecule has 152 valence electrons. The Labute approximate surface area is 175 Å². The van der Waals surface area contributed by atoms with Crippen molar-refractivity contribution in [2.75, 3.05) is 44.2 Å². The molecule has 4 fully saturated rings. The summed E-state index contributed by atoms with van der Waals surface area (Å²) in [4.78, 5) is 15.9. The van der Waals surface area contributed by atoms with Crippen LogP contribution < -0.4 is 10.6 Å². The molecule has 0 bridgehead atoms. The first-order chi connectivity index (χ1) is 11.8. The molecule has 0 aromatic heterocycles. The van der Waals surface area contributed by atoms with Gasteiger partial charge in [-0.1, -0.05) is 25.7 Å². The minimum Gasteiger partial charge on any atom is -0.354 e. The molecule has 0 aromatic rings. The Morgan fingerprint density at radius 1 is 1.08 bits per heavy atom. The second-order valence-electron chi connectivity index (χ2n) is 8.44. The van der Waals surface area contributed by atoms with Crippen molar-refractivity contribution in [3.63, 3.8) is 0 Å². The molecular weight excluding hydrogens is 389 g/mol. The van der Waals surface area contributed by atoms with E-state index in [4.69, 9.17) is 0 Å². The fourth-order valence-corrected chi connectivity index (χ4v) is 6.69. The largest absolute Gasteiger partial charge is 0.354 e. The van der Waals surface area contributed by atoms with Crippen LogP contribution in [0.25, 0.3) is 0 Å². The quantitative estimate of drug-likeness (QED) is 0.728. The number of nitrogens with zero attached hydrogens (tertiary/aromatic N) is 1. The van der Waals surface area contributed by atoms with E-state index in [-0.39, 0.29) is 35.8 Å². The fourth-order valence-electron chi connectivity index (χ4n) is 5.79. The summed E-state index contributed by atoms with van der Waals surface area (Å²) in [5, 5.41) is 6.98. The second kappa shape index (κ2) is 9.69. The van der Waals surface area contributed by atoms with E-state index in [1.807, 2.05) is 0 Å². The van der Waals surface area contributed by atoms with E-state index in [1.165, 1.54) is 69.5 Å². The lowest BCUT2D eigenvalue weighted by atomic mass is 9.67. The molecule has 2 saturated heterocycles. The minimum absolute atomic E-state index is 0. The summed E-state index contributed by atoms with van der Waals surface area (Å²) >= 11 is 2.08. The van der Waals surface area contributed by atoms with Crippen LogP contribution in [0.1, 0.15) is 51.4 Å². The number of carbonyl (C=O) groups is 1. The summed E-state index contributed by atoms with van der Waals surface area (Å²) in [5.41, 5.74) is 0.152. The molecule has 1 amide bonds. The summed E-state index contributed by atoms with van der Waals surface area (Å²) < 4.78 is 0. The standard InChI is InChI=1S/C19H33N3OS.2ClH/c23-17(19-8-2-1-5-16(19)13-20-15-19)21-14-18(6-3-4-7-18)22-9-11-24-12-10-22;;/h16,20H,1-15H2,(H,21,23);2*1H/t16-,19+;;/m0../s1. The van der Waals surface area contributed by atoms with Crippen molar-refractivity contribution in [1.82, 2.24) is 15.5 Å². The van der Waals surface area contributed by atoms with E-state index >= 15 is 0 Å². The summed E-state index contributed by atoms with van der Waals surface area (Å²) in [7, 11) is 0. The summed E-state index contributed by atoms with van der Waals surface area (Å²) in [5.74, 6) is 3.43. The van der Waals surface area contributed by atoms with Gasteiger partial charge in [-0.25, -0.2) is 0 Å². The van der Waals surface area contributed by atoms with Gasteiger partial charge in [0.25, 0.3) is 0 Å². The number of fused-ring (bicyclic) bond motifs is 1. The molecule has 0 radical (unpaired) electrons. The molecule has 2 N–H and O–H groups in total. The zero-order chi connectivity index (χ0) is 16.5. The highest BCUT2D eigenvalue weighted by Gasteiger charge is 2.50. The molecular formula is C19H35Cl2N3OS. The van der Waals surface area contributed by atoms with Gasteiger partial charge >= 0.3 is 0 Å². The Balaban J connectivity index is 0.00000121. The van der Waals surface area contributed by atoms with Crippen LogP contribution in [0.3, 0.4) is 0 Å². The van der Waals surface area contributed by atoms with E-state index in [0.29, 0.717) is 11.8 Å². The third kappa shape index (κ3) is 4.17. The maximum Gasteiger partial charge on any atom is 0.227 e. The lowest BCUT2D eigenvalue weighted by molar-refractivity contribution is -0.134. The zero-order valence-corrected chi connectivity index (χ0v) is 18.2. The van der Waals surface area contributed by atoms with Crippen molar-refractivity contribution in [2.45, 2.75) is 56.9 Å². The van der Waals surface area contributed by atoms with Gasteiger partial charge in [-0.15, -0.1) is 24.8 Å². The topological polar surface area (TPSA) is 44.4 Å². The van der Waals surface area contributed by atoms with E-state index in [0.717, 1.165) is 26.1 Å². The lowest BCUT2D eigenvalue weighted by Crippen LogP contribution is -2.58. The minimum atomic E-state index is -0.101. The number of rotatable bonds is 4. The maximum atomic E-state index is 13.2. The second-order valence-corrected chi connectivity index (χ2v) is 9.67. The first-order valence-electron chi connectivity index (χ1n) is 10.1. The molecule has 2 atom stereocenters. The van der Waals surface area contributed by atoms with Gasteiger partial charge in [0.15, 0.2) is 0 Å². The Bertz CT molecular complexity index is 470. The molecule has 2 heterocycles. The third-order valence-corrected chi connectivity index (χ3v) is 8.23. The fraction of sp³-hybridized carbons (Fsp3) is 0.947. The van der Waals surface area contributed by atoms with Gasteiger partial charge in [-0.05, 0) is 38.1 Å². The molecule has 0 unspecified atom stereocenters. The van der Waals surface area contributed by atoms with Crippen LogP contribution in [-0.4, -0.2) is 60.6 Å². The van der Waals surface area contributed by atoms with Crippen molar-refractivity contribution in [3.05, 3.63) is 0 Å². The molecule has 7 heteroatoms. The van der Waals surface area contributed by atoms with Crippen LogP contribution in [0, 0.1) is 11.3 Å². The van der Waals surface area contributed by atoms with Crippen molar-refractivity contribution < 1.29 is 4.79 Å². The number of thioether (sulfide) groups is 1. The SMILES string of the molecule is Cl.Cl.O=C(NCC1(N2CCSCC2)CCCC1)[C@@]12CCCC[C@H]1CNC2. The van der Waals surface area contributed by atoms with Gasteiger partial charge in [-0.3, -0.25) is 9.69 Å². The van der Waals surface area contributed by atoms with Gasteiger partial charge in [0, 0.05) is 43.2 Å². The number of carbonyl (C=O) groups excluding carboxylic acids is 1. The van der Waals surface area contributed by atoms with E-state index < -0.39 is 0 Å². The van der Waals surface area contributed by atoms with Gasteiger partial charge in [-0.2, -0.15) is 11.8 Å². The third-order valence-electron chi connectivity index (χ3n) is 7.28. The molecule has 4 rings (SSSR count). The normalized spacial score (nSPS) is 33.6. The van der Waals surface area contributed by atoms with Gasteiger partial charge < -0.3 is 10.6 Å². The summed E-state index contributed by atoms with van der Waals surface area (Å²) in [6.07, 6.45) is 10.0. The number of hydrogen-bond acceptors (Lipinski definition) is 4. The molecule has 26 heavy (non-hydrogen) atoms. The molecule has 4 aliphatic rings. The molecule has 4 nitrogen and oxygen atoms in total. The van der Waals surface area contributed by atoms with Gasteiger partial charge in [0.05, 0.1) is 5.41 Å². The molecule has 2 aliphatic carbocycles. The highest BCUT2D eigenvalue weighted by atomic mass is 35.5.